The summed E-state index contributed by atoms with van der Waals surface area (Å²) in [6, 6.07) is 1.85. The van der Waals surface area contributed by atoms with Crippen molar-refractivity contribution in [3.05, 3.63) is 15.8 Å². The second-order valence-corrected chi connectivity index (χ2v) is 5.71. The largest absolute Gasteiger partial charge is 0.495 e. The summed E-state index contributed by atoms with van der Waals surface area (Å²) in [7, 11) is 1.56. The number of β-amino-alcohol motifs (C(OH)–C–C–N with tert-alkyl or cyclic N) is 1. The van der Waals surface area contributed by atoms with Gasteiger partial charge in [0.05, 0.1) is 13.2 Å². The Kier molecular flexibility index (Phi) is 6.06. The van der Waals surface area contributed by atoms with Crippen LogP contribution in [0.3, 0.4) is 0 Å². The molecule has 5 nitrogen and oxygen atoms in total. The topological polar surface area (TPSA) is 70.6 Å². The van der Waals surface area contributed by atoms with E-state index >= 15 is 0 Å². The number of ether oxygens (including phenoxy) is 1. The molecule has 108 valence electrons. The number of amides is 1. The summed E-state index contributed by atoms with van der Waals surface area (Å²) in [6.07, 6.45) is -0.378. The quantitative estimate of drug-likeness (QED) is 0.769. The molecule has 0 bridgehead atoms. The van der Waals surface area contributed by atoms with E-state index in [1.807, 2.05) is 13.0 Å². The Morgan fingerprint density at radius 1 is 1.63 bits per heavy atom. The molecule has 0 spiro atoms. The van der Waals surface area contributed by atoms with Gasteiger partial charge in [-0.15, -0.1) is 23.7 Å². The van der Waals surface area contributed by atoms with Gasteiger partial charge in [0.25, 0.3) is 5.91 Å². The predicted molar refractivity (Wildman–Crippen MR) is 77.6 cm³/mol. The van der Waals surface area contributed by atoms with Crippen LogP contribution in [0.2, 0.25) is 0 Å². The summed E-state index contributed by atoms with van der Waals surface area (Å²) in [5.74, 6) is 0.560. The lowest BCUT2D eigenvalue weighted by atomic mass is 10.1. The van der Waals surface area contributed by atoms with Crippen molar-refractivity contribution in [2.45, 2.75) is 13.0 Å². The minimum absolute atomic E-state index is 0. The van der Waals surface area contributed by atoms with E-state index in [9.17, 15) is 9.90 Å². The minimum atomic E-state index is -0.378. The van der Waals surface area contributed by atoms with Gasteiger partial charge in [0, 0.05) is 30.4 Å². The van der Waals surface area contributed by atoms with Crippen molar-refractivity contribution < 1.29 is 14.6 Å². The molecule has 7 heteroatoms. The number of carbonyl (C=O) groups excluding carboxylic acids is 1. The average molecular weight is 307 g/mol. The summed E-state index contributed by atoms with van der Waals surface area (Å²) in [5, 5.41) is 15.6. The number of hydrogen-bond acceptors (Lipinski definition) is 5. The second-order valence-electron chi connectivity index (χ2n) is 4.45. The Morgan fingerprint density at radius 3 is 2.95 bits per heavy atom. The maximum atomic E-state index is 12.0. The van der Waals surface area contributed by atoms with Crippen LogP contribution in [0.25, 0.3) is 0 Å². The molecule has 1 aromatic rings. The fraction of sp³-hybridized carbons (Fsp3) is 0.583. The van der Waals surface area contributed by atoms with Crippen LogP contribution < -0.4 is 15.4 Å². The van der Waals surface area contributed by atoms with Gasteiger partial charge in [-0.1, -0.05) is 0 Å². The van der Waals surface area contributed by atoms with Gasteiger partial charge in [0.15, 0.2) is 0 Å². The molecule has 0 aromatic carbocycles. The van der Waals surface area contributed by atoms with Crippen LogP contribution in [0.4, 0.5) is 0 Å². The van der Waals surface area contributed by atoms with Crippen LogP contribution in [0.1, 0.15) is 14.5 Å². The molecule has 1 fully saturated rings. The molecule has 2 unspecified atom stereocenters. The van der Waals surface area contributed by atoms with Gasteiger partial charge < -0.3 is 20.5 Å². The Bertz CT molecular complexity index is 439. The van der Waals surface area contributed by atoms with Crippen molar-refractivity contribution in [2.24, 2.45) is 5.92 Å². The highest BCUT2D eigenvalue weighted by atomic mass is 35.5. The third kappa shape index (κ3) is 3.82. The first-order valence-electron chi connectivity index (χ1n) is 5.93. The van der Waals surface area contributed by atoms with Crippen LogP contribution in [-0.2, 0) is 0 Å². The summed E-state index contributed by atoms with van der Waals surface area (Å²) < 4.78 is 5.17. The van der Waals surface area contributed by atoms with E-state index < -0.39 is 0 Å². The third-order valence-corrected chi connectivity index (χ3v) is 4.11. The summed E-state index contributed by atoms with van der Waals surface area (Å²) in [4.78, 5) is 13.7. The van der Waals surface area contributed by atoms with Gasteiger partial charge in [0.1, 0.15) is 10.6 Å². The molecule has 1 aliphatic heterocycles. The molecule has 1 aromatic heterocycles. The number of aliphatic hydroxyl groups excluding tert-OH is 1. The van der Waals surface area contributed by atoms with Crippen molar-refractivity contribution in [2.75, 3.05) is 26.7 Å². The van der Waals surface area contributed by atoms with Gasteiger partial charge in [-0.05, 0) is 13.0 Å². The van der Waals surface area contributed by atoms with Crippen LogP contribution in [-0.4, -0.2) is 43.9 Å². The lowest BCUT2D eigenvalue weighted by molar-refractivity contribution is 0.0928. The molecule has 0 saturated carbocycles. The van der Waals surface area contributed by atoms with Crippen molar-refractivity contribution >= 4 is 29.7 Å². The summed E-state index contributed by atoms with van der Waals surface area (Å²) >= 11 is 1.42. The Hall–Kier alpha value is -0.820. The van der Waals surface area contributed by atoms with E-state index in [0.29, 0.717) is 23.7 Å². The maximum absolute atomic E-state index is 12.0. The van der Waals surface area contributed by atoms with Crippen LogP contribution in [0.5, 0.6) is 5.75 Å². The zero-order valence-electron chi connectivity index (χ0n) is 10.9. The third-order valence-electron chi connectivity index (χ3n) is 3.08. The van der Waals surface area contributed by atoms with E-state index in [2.05, 4.69) is 10.6 Å². The van der Waals surface area contributed by atoms with E-state index in [0.717, 1.165) is 11.4 Å². The smallest absolute Gasteiger partial charge is 0.265 e. The Balaban J connectivity index is 0.00000180. The monoisotopic (exact) mass is 306 g/mol. The molecule has 1 amide bonds. The molecule has 1 saturated heterocycles. The van der Waals surface area contributed by atoms with Crippen molar-refractivity contribution in [1.29, 1.82) is 0 Å². The fourth-order valence-electron chi connectivity index (χ4n) is 2.03. The number of hydrogen-bond donors (Lipinski definition) is 3. The van der Waals surface area contributed by atoms with Crippen LogP contribution in [0.15, 0.2) is 6.07 Å². The zero-order chi connectivity index (χ0) is 13.1. The summed E-state index contributed by atoms with van der Waals surface area (Å²) in [6.45, 7) is 3.76. The molecule has 2 rings (SSSR count). The first-order chi connectivity index (χ1) is 8.61. The standard InChI is InChI=1S/C12H18N2O3S.ClH/c1-7-3-10(17-2)11(18-7)12(16)14-5-8-4-13-6-9(8)15;/h3,8-9,13,15H,4-6H2,1-2H3,(H,14,16);1H. The molecule has 2 heterocycles. The van der Waals surface area contributed by atoms with Gasteiger partial charge in [0.2, 0.25) is 0 Å². The number of nitrogens with one attached hydrogen (secondary N) is 2. The molecule has 0 aliphatic carbocycles. The Labute approximate surface area is 122 Å². The van der Waals surface area contributed by atoms with Crippen molar-refractivity contribution in [3.63, 3.8) is 0 Å². The number of aryl methyl sites for hydroxylation is 1. The average Bonchev–Trinajstić information content (AvgIpc) is 2.92. The highest BCUT2D eigenvalue weighted by Gasteiger charge is 2.26. The summed E-state index contributed by atoms with van der Waals surface area (Å²) in [5.41, 5.74) is 0. The Morgan fingerprint density at radius 2 is 2.37 bits per heavy atom. The fourth-order valence-corrected chi connectivity index (χ4v) is 2.93. The lowest BCUT2D eigenvalue weighted by Gasteiger charge is -2.13. The molecule has 3 N–H and O–H groups in total. The highest BCUT2D eigenvalue weighted by molar-refractivity contribution is 7.14. The van der Waals surface area contributed by atoms with Crippen LogP contribution >= 0.6 is 23.7 Å². The van der Waals surface area contributed by atoms with E-state index in [1.165, 1.54) is 11.3 Å². The molecule has 19 heavy (non-hydrogen) atoms. The van der Waals surface area contributed by atoms with E-state index in [4.69, 9.17) is 4.74 Å². The SMILES string of the molecule is COc1cc(C)sc1C(=O)NCC1CNCC1O.Cl. The van der Waals surface area contributed by atoms with Gasteiger partial charge in [-0.2, -0.15) is 0 Å². The highest BCUT2D eigenvalue weighted by Crippen LogP contribution is 2.28. The first-order valence-corrected chi connectivity index (χ1v) is 6.75. The van der Waals surface area contributed by atoms with Gasteiger partial charge in [-0.25, -0.2) is 0 Å². The van der Waals surface area contributed by atoms with Gasteiger partial charge in [-0.3, -0.25) is 4.79 Å². The normalized spacial score (nSPS) is 21.8. The molecule has 1 aliphatic rings. The van der Waals surface area contributed by atoms with Crippen molar-refractivity contribution in [3.8, 4) is 5.75 Å². The first kappa shape index (κ1) is 16.2. The maximum Gasteiger partial charge on any atom is 0.265 e. The number of methoxy groups -OCH3 is 1. The predicted octanol–water partition coefficient (Wildman–Crippen LogP) is 0.797. The molecule has 0 radical (unpaired) electrons. The van der Waals surface area contributed by atoms with Gasteiger partial charge >= 0.3 is 0 Å². The second kappa shape index (κ2) is 7.09. The van der Waals surface area contributed by atoms with E-state index in [-0.39, 0.29) is 30.3 Å². The number of thiophene rings is 1. The number of halogens is 1. The lowest BCUT2D eigenvalue weighted by Crippen LogP contribution is -2.34. The number of rotatable bonds is 4. The van der Waals surface area contributed by atoms with Crippen molar-refractivity contribution in [1.82, 2.24) is 10.6 Å². The van der Waals surface area contributed by atoms with E-state index in [1.54, 1.807) is 7.11 Å². The molecular weight excluding hydrogens is 288 g/mol. The minimum Gasteiger partial charge on any atom is -0.495 e. The molecule has 2 atom stereocenters. The zero-order valence-corrected chi connectivity index (χ0v) is 12.6. The van der Waals surface area contributed by atoms with Crippen LogP contribution in [0, 0.1) is 12.8 Å². The molecular formula is C12H19ClN2O3S. The number of carbonyl (C=O) groups is 1. The number of aliphatic hydroxyl groups is 1.